The molecule has 94 valence electrons. The van der Waals surface area contributed by atoms with Crippen LogP contribution in [-0.2, 0) is 0 Å². The minimum absolute atomic E-state index is 0.0192. The molecular weight excluding hydrogens is 236 g/mol. The van der Waals surface area contributed by atoms with Crippen molar-refractivity contribution in [1.29, 1.82) is 0 Å². The fraction of sp³-hybridized carbons (Fsp3) is 0.500. The zero-order chi connectivity index (χ0) is 12.8. The van der Waals surface area contributed by atoms with E-state index in [9.17, 15) is 9.90 Å². The van der Waals surface area contributed by atoms with E-state index in [-0.39, 0.29) is 22.5 Å². The molecular formula is C14H19ClO2. The van der Waals surface area contributed by atoms with Crippen LogP contribution in [0, 0.1) is 5.92 Å². The predicted octanol–water partition coefficient (Wildman–Crippen LogP) is 4.44. The second-order valence-corrected chi connectivity index (χ2v) is 4.71. The lowest BCUT2D eigenvalue weighted by Gasteiger charge is -2.14. The Kier molecular flexibility index (Phi) is 5.49. The molecule has 0 bridgehead atoms. The van der Waals surface area contributed by atoms with Gasteiger partial charge in [0.25, 0.3) is 0 Å². The summed E-state index contributed by atoms with van der Waals surface area (Å²) < 4.78 is 0. The third kappa shape index (κ3) is 3.74. The number of carbonyl (C=O) groups excluding carboxylic acids is 1. The molecule has 1 N–H and O–H groups in total. The normalized spacial score (nSPS) is 10.8. The number of hydrogen-bond acceptors (Lipinski definition) is 2. The number of aromatic hydroxyl groups is 1. The SMILES string of the molecule is CCCC(CCC)C(=O)c1ccc(O)c(Cl)c1. The van der Waals surface area contributed by atoms with Gasteiger partial charge in [-0.3, -0.25) is 4.79 Å². The number of carbonyl (C=O) groups is 1. The van der Waals surface area contributed by atoms with Crippen molar-refractivity contribution in [2.75, 3.05) is 0 Å². The van der Waals surface area contributed by atoms with Crippen molar-refractivity contribution in [1.82, 2.24) is 0 Å². The zero-order valence-corrected chi connectivity index (χ0v) is 11.1. The van der Waals surface area contributed by atoms with E-state index in [2.05, 4.69) is 13.8 Å². The summed E-state index contributed by atoms with van der Waals surface area (Å²) in [5.74, 6) is 0.229. The van der Waals surface area contributed by atoms with Crippen LogP contribution in [0.3, 0.4) is 0 Å². The lowest BCUT2D eigenvalue weighted by molar-refractivity contribution is 0.0905. The lowest BCUT2D eigenvalue weighted by Crippen LogP contribution is -2.14. The van der Waals surface area contributed by atoms with E-state index < -0.39 is 0 Å². The van der Waals surface area contributed by atoms with Crippen LogP contribution in [0.2, 0.25) is 5.02 Å². The van der Waals surface area contributed by atoms with Crippen molar-refractivity contribution >= 4 is 17.4 Å². The van der Waals surface area contributed by atoms with Crippen LogP contribution in [0.15, 0.2) is 18.2 Å². The summed E-state index contributed by atoms with van der Waals surface area (Å²) in [6.45, 7) is 4.17. The molecule has 0 aromatic heterocycles. The van der Waals surface area contributed by atoms with Crippen molar-refractivity contribution < 1.29 is 9.90 Å². The highest BCUT2D eigenvalue weighted by atomic mass is 35.5. The molecule has 1 aromatic rings. The Balaban J connectivity index is 2.88. The summed E-state index contributed by atoms with van der Waals surface area (Å²) in [7, 11) is 0. The molecule has 0 aliphatic carbocycles. The van der Waals surface area contributed by atoms with Crippen molar-refractivity contribution in [2.45, 2.75) is 39.5 Å². The van der Waals surface area contributed by atoms with Crippen LogP contribution in [0.25, 0.3) is 0 Å². The first kappa shape index (κ1) is 14.0. The minimum Gasteiger partial charge on any atom is -0.506 e. The van der Waals surface area contributed by atoms with Crippen LogP contribution in [0.5, 0.6) is 5.75 Å². The third-order valence-electron chi connectivity index (χ3n) is 2.88. The topological polar surface area (TPSA) is 37.3 Å². The summed E-state index contributed by atoms with van der Waals surface area (Å²) in [6, 6.07) is 4.67. The van der Waals surface area contributed by atoms with Gasteiger partial charge in [-0.15, -0.1) is 0 Å². The van der Waals surface area contributed by atoms with E-state index in [0.717, 1.165) is 25.7 Å². The standard InChI is InChI=1S/C14H19ClO2/c1-3-5-10(6-4-2)14(17)11-7-8-13(16)12(15)9-11/h7-10,16H,3-6H2,1-2H3. The highest BCUT2D eigenvalue weighted by Crippen LogP contribution is 2.26. The Morgan fingerprint density at radius 3 is 2.35 bits per heavy atom. The Labute approximate surface area is 108 Å². The van der Waals surface area contributed by atoms with Gasteiger partial charge in [0.1, 0.15) is 5.75 Å². The first-order chi connectivity index (χ1) is 8.10. The quantitative estimate of drug-likeness (QED) is 0.762. The number of phenolic OH excluding ortho intramolecular Hbond substituents is 1. The van der Waals surface area contributed by atoms with Gasteiger partial charge in [-0.05, 0) is 31.0 Å². The number of benzene rings is 1. The van der Waals surface area contributed by atoms with Gasteiger partial charge in [-0.25, -0.2) is 0 Å². The van der Waals surface area contributed by atoms with Crippen LogP contribution >= 0.6 is 11.6 Å². The second kappa shape index (κ2) is 6.65. The van der Waals surface area contributed by atoms with Gasteiger partial charge in [0, 0.05) is 11.5 Å². The lowest BCUT2D eigenvalue weighted by atomic mass is 9.90. The van der Waals surface area contributed by atoms with E-state index in [1.54, 1.807) is 12.1 Å². The first-order valence-corrected chi connectivity index (χ1v) is 6.50. The summed E-state index contributed by atoms with van der Waals surface area (Å²) in [5, 5.41) is 9.57. The number of Topliss-reactive ketones (excluding diaryl/α,β-unsaturated/α-hetero) is 1. The molecule has 2 nitrogen and oxygen atoms in total. The van der Waals surface area contributed by atoms with Gasteiger partial charge in [-0.1, -0.05) is 38.3 Å². The van der Waals surface area contributed by atoms with Gasteiger partial charge in [-0.2, -0.15) is 0 Å². The number of rotatable bonds is 6. The fourth-order valence-corrected chi connectivity index (χ4v) is 2.18. The molecule has 0 fully saturated rings. The minimum atomic E-state index is 0.0192. The largest absolute Gasteiger partial charge is 0.506 e. The molecule has 0 spiro atoms. The van der Waals surface area contributed by atoms with E-state index in [0.29, 0.717) is 5.56 Å². The van der Waals surface area contributed by atoms with Gasteiger partial charge in [0.15, 0.2) is 5.78 Å². The average Bonchev–Trinajstić information content (AvgIpc) is 2.31. The summed E-state index contributed by atoms with van der Waals surface area (Å²) in [6.07, 6.45) is 3.82. The first-order valence-electron chi connectivity index (χ1n) is 6.12. The predicted molar refractivity (Wildman–Crippen MR) is 70.8 cm³/mol. The Hall–Kier alpha value is -1.02. The van der Waals surface area contributed by atoms with Crippen LogP contribution < -0.4 is 0 Å². The molecule has 0 amide bonds. The number of halogens is 1. The monoisotopic (exact) mass is 254 g/mol. The molecule has 0 heterocycles. The van der Waals surface area contributed by atoms with Gasteiger partial charge in [0.05, 0.1) is 5.02 Å². The van der Waals surface area contributed by atoms with E-state index in [4.69, 9.17) is 11.6 Å². The molecule has 0 saturated heterocycles. The molecule has 0 unspecified atom stereocenters. The van der Waals surface area contributed by atoms with Crippen molar-refractivity contribution in [2.24, 2.45) is 5.92 Å². The molecule has 0 saturated carbocycles. The van der Waals surface area contributed by atoms with Gasteiger partial charge >= 0.3 is 0 Å². The fourth-order valence-electron chi connectivity index (χ4n) is 2.00. The molecule has 0 atom stereocenters. The molecule has 0 aliphatic heterocycles. The second-order valence-electron chi connectivity index (χ2n) is 4.30. The van der Waals surface area contributed by atoms with Crippen molar-refractivity contribution in [3.63, 3.8) is 0 Å². The zero-order valence-electron chi connectivity index (χ0n) is 10.4. The molecule has 0 aliphatic rings. The number of phenols is 1. The maximum absolute atomic E-state index is 12.2. The molecule has 1 aromatic carbocycles. The van der Waals surface area contributed by atoms with Crippen molar-refractivity contribution in [3.8, 4) is 5.75 Å². The van der Waals surface area contributed by atoms with Crippen molar-refractivity contribution in [3.05, 3.63) is 28.8 Å². The van der Waals surface area contributed by atoms with Crippen LogP contribution in [-0.4, -0.2) is 10.9 Å². The van der Waals surface area contributed by atoms with E-state index in [1.165, 1.54) is 6.07 Å². The van der Waals surface area contributed by atoms with E-state index in [1.807, 2.05) is 0 Å². The van der Waals surface area contributed by atoms with Crippen LogP contribution in [0.4, 0.5) is 0 Å². The van der Waals surface area contributed by atoms with Gasteiger partial charge < -0.3 is 5.11 Å². The van der Waals surface area contributed by atoms with E-state index >= 15 is 0 Å². The number of ketones is 1. The maximum atomic E-state index is 12.2. The summed E-state index contributed by atoms with van der Waals surface area (Å²) in [4.78, 5) is 12.2. The molecule has 17 heavy (non-hydrogen) atoms. The number of hydrogen-bond donors (Lipinski definition) is 1. The van der Waals surface area contributed by atoms with Crippen LogP contribution in [0.1, 0.15) is 49.9 Å². The smallest absolute Gasteiger partial charge is 0.165 e. The third-order valence-corrected chi connectivity index (χ3v) is 3.18. The summed E-state index contributed by atoms with van der Waals surface area (Å²) in [5.41, 5.74) is 0.597. The molecule has 1 rings (SSSR count). The molecule has 0 radical (unpaired) electrons. The van der Waals surface area contributed by atoms with Gasteiger partial charge in [0.2, 0.25) is 0 Å². The maximum Gasteiger partial charge on any atom is 0.165 e. The summed E-state index contributed by atoms with van der Waals surface area (Å²) >= 11 is 5.81. The molecule has 3 heteroatoms. The Morgan fingerprint density at radius 1 is 1.29 bits per heavy atom. The highest BCUT2D eigenvalue weighted by molar-refractivity contribution is 6.32. The average molecular weight is 255 g/mol. The highest BCUT2D eigenvalue weighted by Gasteiger charge is 2.19. The Bertz CT molecular complexity index is 382. The Morgan fingerprint density at radius 2 is 1.88 bits per heavy atom.